The Labute approximate surface area is 136 Å². The maximum absolute atomic E-state index is 11.8. The summed E-state index contributed by atoms with van der Waals surface area (Å²) in [6.45, 7) is 1.76. The van der Waals surface area contributed by atoms with Gasteiger partial charge in [0.15, 0.2) is 6.29 Å². The second-order valence-corrected chi connectivity index (χ2v) is 5.61. The molecule has 0 spiro atoms. The first-order valence-electron chi connectivity index (χ1n) is 7.69. The molecule has 0 N–H and O–H groups in total. The monoisotopic (exact) mass is 312 g/mol. The summed E-state index contributed by atoms with van der Waals surface area (Å²) in [6, 6.07) is 19.8. The molecule has 120 valence electrons. The van der Waals surface area contributed by atoms with Crippen molar-refractivity contribution in [2.24, 2.45) is 5.92 Å². The highest BCUT2D eigenvalue weighted by Gasteiger charge is 2.42. The SMILES string of the molecule is COC(=O)C(C)C1O[C@H](c2ccccc2)[C@@H](c2ccccc2)O1. The van der Waals surface area contributed by atoms with Crippen LogP contribution in [-0.2, 0) is 19.0 Å². The molecular weight excluding hydrogens is 292 g/mol. The van der Waals surface area contributed by atoms with Crippen molar-refractivity contribution in [1.29, 1.82) is 0 Å². The molecule has 2 aromatic carbocycles. The highest BCUT2D eigenvalue weighted by molar-refractivity contribution is 5.72. The summed E-state index contributed by atoms with van der Waals surface area (Å²) in [6.07, 6.45) is -1.13. The molecule has 1 unspecified atom stereocenters. The molecule has 3 rings (SSSR count). The number of carbonyl (C=O) groups is 1. The van der Waals surface area contributed by atoms with E-state index >= 15 is 0 Å². The third-order valence-corrected chi connectivity index (χ3v) is 4.07. The normalized spacial score (nSPS) is 22.7. The lowest BCUT2D eigenvalue weighted by atomic mass is 9.99. The molecule has 0 aromatic heterocycles. The average molecular weight is 312 g/mol. The number of benzene rings is 2. The molecule has 1 aliphatic heterocycles. The molecule has 23 heavy (non-hydrogen) atoms. The van der Waals surface area contributed by atoms with Crippen LogP contribution >= 0.6 is 0 Å². The number of carbonyl (C=O) groups excluding carboxylic acids is 1. The summed E-state index contributed by atoms with van der Waals surface area (Å²) in [5.41, 5.74) is 2.06. The van der Waals surface area contributed by atoms with Gasteiger partial charge < -0.3 is 14.2 Å². The quantitative estimate of drug-likeness (QED) is 0.808. The topological polar surface area (TPSA) is 44.8 Å². The summed E-state index contributed by atoms with van der Waals surface area (Å²) >= 11 is 0. The lowest BCUT2D eigenvalue weighted by molar-refractivity contribution is -0.163. The largest absolute Gasteiger partial charge is 0.469 e. The smallest absolute Gasteiger partial charge is 0.313 e. The lowest BCUT2D eigenvalue weighted by Gasteiger charge is -2.17. The molecule has 0 aliphatic carbocycles. The highest BCUT2D eigenvalue weighted by Crippen LogP contribution is 2.44. The van der Waals surface area contributed by atoms with Gasteiger partial charge in [-0.1, -0.05) is 60.7 Å². The minimum absolute atomic E-state index is 0.254. The van der Waals surface area contributed by atoms with Gasteiger partial charge in [0.1, 0.15) is 18.1 Å². The zero-order valence-electron chi connectivity index (χ0n) is 13.2. The van der Waals surface area contributed by atoms with Gasteiger partial charge in [-0.05, 0) is 18.1 Å². The molecular formula is C19H20O4. The van der Waals surface area contributed by atoms with Crippen molar-refractivity contribution in [1.82, 2.24) is 0 Å². The van der Waals surface area contributed by atoms with Crippen molar-refractivity contribution >= 4 is 5.97 Å². The fraction of sp³-hybridized carbons (Fsp3) is 0.316. The Morgan fingerprint density at radius 1 is 0.913 bits per heavy atom. The summed E-state index contributed by atoms with van der Waals surface area (Å²) < 4.78 is 17.0. The molecule has 1 fully saturated rings. The molecule has 1 saturated heterocycles. The first-order chi connectivity index (χ1) is 11.2. The minimum atomic E-state index is -0.627. The van der Waals surface area contributed by atoms with Crippen LogP contribution < -0.4 is 0 Å². The third-order valence-electron chi connectivity index (χ3n) is 4.07. The van der Waals surface area contributed by atoms with Crippen LogP contribution in [0.1, 0.15) is 30.3 Å². The second kappa shape index (κ2) is 6.94. The number of hydrogen-bond donors (Lipinski definition) is 0. The summed E-state index contributed by atoms with van der Waals surface area (Å²) in [5, 5.41) is 0. The van der Waals surface area contributed by atoms with Gasteiger partial charge in [-0.3, -0.25) is 4.79 Å². The second-order valence-electron chi connectivity index (χ2n) is 5.61. The Balaban J connectivity index is 1.90. The van der Waals surface area contributed by atoms with E-state index in [-0.39, 0.29) is 18.2 Å². The highest BCUT2D eigenvalue weighted by atomic mass is 16.7. The van der Waals surface area contributed by atoms with E-state index in [0.29, 0.717) is 0 Å². The molecule has 4 nitrogen and oxygen atoms in total. The van der Waals surface area contributed by atoms with Gasteiger partial charge >= 0.3 is 5.97 Å². The first-order valence-corrected chi connectivity index (χ1v) is 7.69. The van der Waals surface area contributed by atoms with Crippen LogP contribution in [0.3, 0.4) is 0 Å². The molecule has 0 bridgehead atoms. The number of ether oxygens (including phenoxy) is 3. The van der Waals surface area contributed by atoms with Crippen molar-refractivity contribution in [2.45, 2.75) is 25.4 Å². The molecule has 0 radical (unpaired) electrons. The van der Waals surface area contributed by atoms with Crippen LogP contribution in [0.2, 0.25) is 0 Å². The fourth-order valence-corrected chi connectivity index (χ4v) is 2.79. The Morgan fingerprint density at radius 3 is 1.74 bits per heavy atom. The number of hydrogen-bond acceptors (Lipinski definition) is 4. The van der Waals surface area contributed by atoms with Gasteiger partial charge in [-0.15, -0.1) is 0 Å². The predicted octanol–water partition coefficient (Wildman–Crippen LogP) is 3.65. The van der Waals surface area contributed by atoms with Crippen molar-refractivity contribution in [3.8, 4) is 0 Å². The molecule has 3 atom stereocenters. The van der Waals surface area contributed by atoms with E-state index in [2.05, 4.69) is 0 Å². The van der Waals surface area contributed by atoms with Crippen molar-refractivity contribution < 1.29 is 19.0 Å². The third kappa shape index (κ3) is 3.28. The van der Waals surface area contributed by atoms with Gasteiger partial charge in [0, 0.05) is 0 Å². The standard InChI is InChI=1S/C19H20O4/c1-13(18(20)21-2)19-22-16(14-9-5-3-6-10-14)17(23-19)15-11-7-4-8-12-15/h3-13,16-17,19H,1-2H3/t13?,16-,17-/m1/s1. The maximum Gasteiger partial charge on any atom is 0.313 e. The van der Waals surface area contributed by atoms with Crippen LogP contribution in [-0.4, -0.2) is 19.4 Å². The fourth-order valence-electron chi connectivity index (χ4n) is 2.79. The van der Waals surface area contributed by atoms with E-state index in [1.807, 2.05) is 60.7 Å². The average Bonchev–Trinajstić information content (AvgIpc) is 3.07. The lowest BCUT2D eigenvalue weighted by Crippen LogP contribution is -2.27. The Hall–Kier alpha value is -2.17. The van der Waals surface area contributed by atoms with Crippen molar-refractivity contribution in [3.63, 3.8) is 0 Å². The number of rotatable bonds is 4. The maximum atomic E-state index is 11.8. The minimum Gasteiger partial charge on any atom is -0.469 e. The number of esters is 1. The molecule has 2 aromatic rings. The van der Waals surface area contributed by atoms with Gasteiger partial charge in [-0.2, -0.15) is 0 Å². The van der Waals surface area contributed by atoms with Gasteiger partial charge in [0.05, 0.1) is 7.11 Å². The molecule has 0 amide bonds. The van der Waals surface area contributed by atoms with E-state index in [1.165, 1.54) is 7.11 Å². The van der Waals surface area contributed by atoms with Gasteiger partial charge in [-0.25, -0.2) is 0 Å². The summed E-state index contributed by atoms with van der Waals surface area (Å²) in [7, 11) is 1.37. The van der Waals surface area contributed by atoms with Crippen LogP contribution in [0.4, 0.5) is 0 Å². The molecule has 4 heteroatoms. The Bertz CT molecular complexity index is 593. The first kappa shape index (κ1) is 15.7. The molecule has 0 saturated carbocycles. The van der Waals surface area contributed by atoms with Crippen LogP contribution in [0.15, 0.2) is 60.7 Å². The summed E-state index contributed by atoms with van der Waals surface area (Å²) in [4.78, 5) is 11.8. The Morgan fingerprint density at radius 2 is 1.35 bits per heavy atom. The van der Waals surface area contributed by atoms with Crippen molar-refractivity contribution in [3.05, 3.63) is 71.8 Å². The Kier molecular flexibility index (Phi) is 4.74. The van der Waals surface area contributed by atoms with E-state index < -0.39 is 12.2 Å². The number of methoxy groups -OCH3 is 1. The van der Waals surface area contributed by atoms with E-state index in [0.717, 1.165) is 11.1 Å². The summed E-state index contributed by atoms with van der Waals surface area (Å²) in [5.74, 6) is -0.824. The van der Waals surface area contributed by atoms with E-state index in [1.54, 1.807) is 6.92 Å². The zero-order chi connectivity index (χ0) is 16.2. The molecule has 1 aliphatic rings. The van der Waals surface area contributed by atoms with E-state index in [9.17, 15) is 4.79 Å². The van der Waals surface area contributed by atoms with Gasteiger partial charge in [0.2, 0.25) is 0 Å². The van der Waals surface area contributed by atoms with Crippen molar-refractivity contribution in [2.75, 3.05) is 7.11 Å². The zero-order valence-corrected chi connectivity index (χ0v) is 13.2. The molecule has 1 heterocycles. The van der Waals surface area contributed by atoms with Crippen LogP contribution in [0.5, 0.6) is 0 Å². The van der Waals surface area contributed by atoms with Gasteiger partial charge in [0.25, 0.3) is 0 Å². The predicted molar refractivity (Wildman–Crippen MR) is 85.5 cm³/mol. The van der Waals surface area contributed by atoms with Crippen LogP contribution in [0, 0.1) is 5.92 Å². The van der Waals surface area contributed by atoms with E-state index in [4.69, 9.17) is 14.2 Å². The van der Waals surface area contributed by atoms with Crippen LogP contribution in [0.25, 0.3) is 0 Å².